The summed E-state index contributed by atoms with van der Waals surface area (Å²) in [7, 11) is 0. The van der Waals surface area contributed by atoms with E-state index in [1.54, 1.807) is 0 Å². The van der Waals surface area contributed by atoms with E-state index >= 15 is 0 Å². The van der Waals surface area contributed by atoms with Crippen molar-refractivity contribution in [1.82, 2.24) is 19.8 Å². The van der Waals surface area contributed by atoms with E-state index in [4.69, 9.17) is 17.0 Å². The van der Waals surface area contributed by atoms with Crippen LogP contribution in [0.3, 0.4) is 0 Å². The Kier molecular flexibility index (Phi) is 5.19. The fourth-order valence-corrected chi connectivity index (χ4v) is 4.88. The van der Waals surface area contributed by atoms with Crippen LogP contribution in [0.5, 0.6) is 0 Å². The molecular formula is C21H28N4OS. The van der Waals surface area contributed by atoms with Gasteiger partial charge in [0.15, 0.2) is 5.11 Å². The van der Waals surface area contributed by atoms with Crippen molar-refractivity contribution in [2.24, 2.45) is 0 Å². The molecule has 3 atom stereocenters. The highest BCUT2D eigenvalue weighted by Gasteiger charge is 2.42. The lowest BCUT2D eigenvalue weighted by atomic mass is 9.96. The molecule has 0 amide bonds. The van der Waals surface area contributed by atoms with Crippen LogP contribution in [0.4, 0.5) is 0 Å². The van der Waals surface area contributed by atoms with E-state index in [-0.39, 0.29) is 18.2 Å². The molecule has 2 saturated heterocycles. The molecule has 1 N–H and O–H groups in total. The molecule has 6 heteroatoms. The number of hydrogen-bond acceptors (Lipinski definition) is 3. The molecule has 2 fully saturated rings. The van der Waals surface area contributed by atoms with Gasteiger partial charge in [-0.2, -0.15) is 0 Å². The summed E-state index contributed by atoms with van der Waals surface area (Å²) in [5, 5.41) is 4.35. The highest BCUT2D eigenvalue weighted by molar-refractivity contribution is 7.80. The number of aromatic nitrogens is 2. The van der Waals surface area contributed by atoms with Crippen LogP contribution in [0.1, 0.15) is 54.5 Å². The van der Waals surface area contributed by atoms with Gasteiger partial charge in [-0.15, -0.1) is 0 Å². The van der Waals surface area contributed by atoms with Crippen LogP contribution in [0.25, 0.3) is 0 Å². The molecule has 4 heterocycles. The summed E-state index contributed by atoms with van der Waals surface area (Å²) in [5.41, 5.74) is 4.96. The molecule has 4 rings (SSSR count). The predicted octanol–water partition coefficient (Wildman–Crippen LogP) is 3.67. The second-order valence-corrected chi connectivity index (χ2v) is 7.87. The fourth-order valence-electron chi connectivity index (χ4n) is 4.56. The first-order valence-corrected chi connectivity index (χ1v) is 10.3. The van der Waals surface area contributed by atoms with Gasteiger partial charge in [-0.05, 0) is 69.6 Å². The standard InChI is InChI=1S/C21H28N4OS/c1-4-24-14(2)12-17(15(24)3)20-19(18-9-5-6-10-22-18)23-21(27)25(20)13-16-8-7-11-26-16/h5-6,9-10,12,16,19-20H,4,7-8,11,13H2,1-3H3,(H,23,27)/t16-,19+,20-/m1/s1. The van der Waals surface area contributed by atoms with Crippen molar-refractivity contribution in [3.63, 3.8) is 0 Å². The molecule has 0 bridgehead atoms. The van der Waals surface area contributed by atoms with Crippen molar-refractivity contribution in [2.75, 3.05) is 13.2 Å². The summed E-state index contributed by atoms with van der Waals surface area (Å²) in [6, 6.07) is 8.58. The first kappa shape index (κ1) is 18.4. The minimum absolute atomic E-state index is 0.0471. The third kappa shape index (κ3) is 3.36. The Bertz CT molecular complexity index is 813. The summed E-state index contributed by atoms with van der Waals surface area (Å²) >= 11 is 5.77. The average Bonchev–Trinajstić information content (AvgIpc) is 3.36. The molecule has 144 valence electrons. The third-order valence-corrected chi connectivity index (χ3v) is 6.22. The Morgan fingerprint density at radius 2 is 2.19 bits per heavy atom. The summed E-state index contributed by atoms with van der Waals surface area (Å²) in [5.74, 6) is 0. The van der Waals surface area contributed by atoms with Crippen LogP contribution >= 0.6 is 12.2 Å². The van der Waals surface area contributed by atoms with Crippen molar-refractivity contribution in [1.29, 1.82) is 0 Å². The normalized spacial score (nSPS) is 25.2. The lowest BCUT2D eigenvalue weighted by Crippen LogP contribution is -2.36. The van der Waals surface area contributed by atoms with Gasteiger partial charge in [0.05, 0.1) is 23.9 Å². The van der Waals surface area contributed by atoms with Gasteiger partial charge >= 0.3 is 0 Å². The van der Waals surface area contributed by atoms with Crippen LogP contribution in [0, 0.1) is 13.8 Å². The van der Waals surface area contributed by atoms with Gasteiger partial charge in [0.2, 0.25) is 0 Å². The minimum atomic E-state index is 0.0471. The molecule has 2 aromatic rings. The Hall–Kier alpha value is -1.92. The van der Waals surface area contributed by atoms with Gasteiger partial charge in [0.1, 0.15) is 0 Å². The summed E-state index contributed by atoms with van der Waals surface area (Å²) in [6.45, 7) is 9.25. The van der Waals surface area contributed by atoms with E-state index in [0.29, 0.717) is 0 Å². The second-order valence-electron chi connectivity index (χ2n) is 7.48. The van der Waals surface area contributed by atoms with Gasteiger partial charge < -0.3 is 19.5 Å². The zero-order chi connectivity index (χ0) is 19.0. The van der Waals surface area contributed by atoms with E-state index < -0.39 is 0 Å². The average molecular weight is 385 g/mol. The molecule has 2 aliphatic rings. The molecule has 2 aromatic heterocycles. The minimum Gasteiger partial charge on any atom is -0.376 e. The maximum atomic E-state index is 5.92. The van der Waals surface area contributed by atoms with Crippen LogP contribution < -0.4 is 5.32 Å². The first-order valence-electron chi connectivity index (χ1n) is 9.86. The van der Waals surface area contributed by atoms with Crippen LogP contribution in [-0.4, -0.2) is 38.8 Å². The van der Waals surface area contributed by atoms with Crippen molar-refractivity contribution in [3.05, 3.63) is 53.1 Å². The van der Waals surface area contributed by atoms with Crippen molar-refractivity contribution < 1.29 is 4.74 Å². The number of nitrogens with zero attached hydrogens (tertiary/aromatic N) is 3. The number of pyridine rings is 1. The van der Waals surface area contributed by atoms with Gasteiger partial charge in [-0.1, -0.05) is 6.07 Å². The van der Waals surface area contributed by atoms with E-state index in [9.17, 15) is 0 Å². The van der Waals surface area contributed by atoms with Crippen molar-refractivity contribution >= 4 is 17.3 Å². The lowest BCUT2D eigenvalue weighted by molar-refractivity contribution is 0.0841. The third-order valence-electron chi connectivity index (χ3n) is 5.87. The predicted molar refractivity (Wildman–Crippen MR) is 111 cm³/mol. The maximum absolute atomic E-state index is 5.92. The number of hydrogen-bond donors (Lipinski definition) is 1. The summed E-state index contributed by atoms with van der Waals surface area (Å²) in [6.07, 6.45) is 4.35. The largest absolute Gasteiger partial charge is 0.376 e. The van der Waals surface area contributed by atoms with Gasteiger partial charge in [-0.25, -0.2) is 0 Å². The molecule has 0 unspecified atom stereocenters. The highest BCUT2D eigenvalue weighted by Crippen LogP contribution is 2.41. The van der Waals surface area contributed by atoms with Crippen LogP contribution in [0.15, 0.2) is 30.5 Å². The second kappa shape index (κ2) is 7.60. The quantitative estimate of drug-likeness (QED) is 0.797. The topological polar surface area (TPSA) is 42.3 Å². The van der Waals surface area contributed by atoms with E-state index in [2.05, 4.69) is 52.7 Å². The Balaban J connectivity index is 1.75. The fraction of sp³-hybridized carbons (Fsp3) is 0.524. The van der Waals surface area contributed by atoms with Gasteiger partial charge in [0.25, 0.3) is 0 Å². The molecule has 2 aliphatic heterocycles. The zero-order valence-corrected chi connectivity index (χ0v) is 17.1. The molecule has 5 nitrogen and oxygen atoms in total. The zero-order valence-electron chi connectivity index (χ0n) is 16.3. The van der Waals surface area contributed by atoms with Gasteiger partial charge in [0, 0.05) is 37.3 Å². The number of nitrogens with one attached hydrogen (secondary N) is 1. The highest BCUT2D eigenvalue weighted by atomic mass is 32.1. The SMILES string of the molecule is CCn1c(C)cc([C@@H]2[C@H](c3ccccn3)NC(=S)N2C[C@H]2CCCO2)c1C. The van der Waals surface area contributed by atoms with Crippen molar-refractivity contribution in [2.45, 2.75) is 58.3 Å². The molecule has 0 aliphatic carbocycles. The van der Waals surface area contributed by atoms with Gasteiger partial charge in [-0.3, -0.25) is 4.98 Å². The number of thiocarbonyl (C=S) groups is 1. The summed E-state index contributed by atoms with van der Waals surface area (Å²) in [4.78, 5) is 6.96. The van der Waals surface area contributed by atoms with Crippen molar-refractivity contribution in [3.8, 4) is 0 Å². The maximum Gasteiger partial charge on any atom is 0.170 e. The Morgan fingerprint density at radius 1 is 1.33 bits per heavy atom. The smallest absolute Gasteiger partial charge is 0.170 e. The summed E-state index contributed by atoms with van der Waals surface area (Å²) < 4.78 is 8.29. The van der Waals surface area contributed by atoms with Crippen LogP contribution in [0.2, 0.25) is 0 Å². The molecule has 0 aromatic carbocycles. The number of aryl methyl sites for hydroxylation is 1. The van der Waals surface area contributed by atoms with E-state index in [0.717, 1.165) is 43.3 Å². The molecule has 0 radical (unpaired) electrons. The molecular weight excluding hydrogens is 356 g/mol. The first-order chi connectivity index (χ1) is 13.1. The molecule has 0 spiro atoms. The van der Waals surface area contributed by atoms with Crippen LogP contribution in [-0.2, 0) is 11.3 Å². The Labute approximate surface area is 166 Å². The molecule has 0 saturated carbocycles. The van der Waals surface area contributed by atoms with E-state index in [1.165, 1.54) is 17.0 Å². The van der Waals surface area contributed by atoms with E-state index in [1.807, 2.05) is 18.3 Å². The monoisotopic (exact) mass is 384 g/mol. The lowest BCUT2D eigenvalue weighted by Gasteiger charge is -2.30. The molecule has 27 heavy (non-hydrogen) atoms. The number of rotatable bonds is 5. The Morgan fingerprint density at radius 3 is 2.81 bits per heavy atom. The number of ether oxygens (including phenoxy) is 1.